The zero-order chi connectivity index (χ0) is 17.8. The average molecular weight is 348 g/mol. The number of hydrogen-bond acceptors (Lipinski definition) is 5. The van der Waals surface area contributed by atoms with Crippen LogP contribution in [0.1, 0.15) is 37.5 Å². The van der Waals surface area contributed by atoms with Gasteiger partial charge in [-0.05, 0) is 25.7 Å². The van der Waals surface area contributed by atoms with Crippen molar-refractivity contribution in [3.05, 3.63) is 17.5 Å². The van der Waals surface area contributed by atoms with Crippen molar-refractivity contribution in [3.8, 4) is 0 Å². The fourth-order valence-corrected chi connectivity index (χ4v) is 3.70. The van der Waals surface area contributed by atoms with E-state index < -0.39 is 0 Å². The highest BCUT2D eigenvalue weighted by molar-refractivity contribution is 5.76. The molecular weight excluding hydrogens is 320 g/mol. The van der Waals surface area contributed by atoms with Gasteiger partial charge < -0.3 is 14.3 Å². The van der Waals surface area contributed by atoms with E-state index in [1.165, 1.54) is 0 Å². The Kier molecular flexibility index (Phi) is 5.73. The van der Waals surface area contributed by atoms with Gasteiger partial charge in [0, 0.05) is 64.7 Å². The molecular formula is C18H28N4O3. The van der Waals surface area contributed by atoms with Gasteiger partial charge >= 0.3 is 0 Å². The van der Waals surface area contributed by atoms with Crippen LogP contribution in [0, 0.1) is 12.8 Å². The summed E-state index contributed by atoms with van der Waals surface area (Å²) < 4.78 is 5.11. The van der Waals surface area contributed by atoms with E-state index in [1.54, 1.807) is 13.1 Å². The van der Waals surface area contributed by atoms with Crippen molar-refractivity contribution < 1.29 is 14.1 Å². The summed E-state index contributed by atoms with van der Waals surface area (Å²) in [6.07, 6.45) is 4.28. The standard InChI is InChI=1S/C18H28N4O3/c1-14-17(12-19-25-14)13-20-7-9-22(10-8-20)18(24)11-16-3-5-21(6-4-16)15(2)23/h12,16H,3-11,13H2,1-2H3. The van der Waals surface area contributed by atoms with Crippen LogP contribution in [0.5, 0.6) is 0 Å². The normalized spacial score (nSPS) is 20.1. The lowest BCUT2D eigenvalue weighted by molar-refractivity contribution is -0.134. The van der Waals surface area contributed by atoms with Crippen molar-refractivity contribution in [1.29, 1.82) is 0 Å². The third-order valence-corrected chi connectivity index (χ3v) is 5.49. The van der Waals surface area contributed by atoms with Gasteiger partial charge in [0.25, 0.3) is 0 Å². The number of nitrogens with zero attached hydrogens (tertiary/aromatic N) is 4. The number of piperidine rings is 1. The summed E-state index contributed by atoms with van der Waals surface area (Å²) in [5.74, 6) is 1.70. The number of rotatable bonds is 4. The lowest BCUT2D eigenvalue weighted by atomic mass is 9.93. The molecule has 3 heterocycles. The second-order valence-corrected chi connectivity index (χ2v) is 7.22. The summed E-state index contributed by atoms with van der Waals surface area (Å²) in [4.78, 5) is 30.2. The zero-order valence-corrected chi connectivity index (χ0v) is 15.2. The van der Waals surface area contributed by atoms with Crippen molar-refractivity contribution >= 4 is 11.8 Å². The first-order chi connectivity index (χ1) is 12.0. The first kappa shape index (κ1) is 17.9. The third kappa shape index (κ3) is 4.60. The first-order valence-corrected chi connectivity index (χ1v) is 9.18. The number of aryl methyl sites for hydroxylation is 1. The lowest BCUT2D eigenvalue weighted by Crippen LogP contribution is -2.49. The Morgan fingerprint density at radius 2 is 1.80 bits per heavy atom. The molecule has 0 aromatic carbocycles. The SMILES string of the molecule is CC(=O)N1CCC(CC(=O)N2CCN(Cc3cnoc3C)CC2)CC1. The molecule has 0 N–H and O–H groups in total. The number of carbonyl (C=O) groups is 2. The Bertz CT molecular complexity index is 599. The van der Waals surface area contributed by atoms with Crippen molar-refractivity contribution in [3.63, 3.8) is 0 Å². The van der Waals surface area contributed by atoms with Gasteiger partial charge in [-0.1, -0.05) is 5.16 Å². The molecule has 0 unspecified atom stereocenters. The summed E-state index contributed by atoms with van der Waals surface area (Å²) in [6.45, 7) is 9.31. The molecule has 0 aliphatic carbocycles. The highest BCUT2D eigenvalue weighted by atomic mass is 16.5. The molecule has 2 fully saturated rings. The van der Waals surface area contributed by atoms with Crippen LogP contribution in [0.4, 0.5) is 0 Å². The number of amides is 2. The first-order valence-electron chi connectivity index (χ1n) is 9.18. The summed E-state index contributed by atoms with van der Waals surface area (Å²) in [5.41, 5.74) is 1.12. The second-order valence-electron chi connectivity index (χ2n) is 7.22. The highest BCUT2D eigenvalue weighted by Gasteiger charge is 2.27. The predicted octanol–water partition coefficient (Wildman–Crippen LogP) is 1.28. The van der Waals surface area contributed by atoms with E-state index in [2.05, 4.69) is 10.1 Å². The van der Waals surface area contributed by atoms with Crippen molar-refractivity contribution in [2.75, 3.05) is 39.3 Å². The Morgan fingerprint density at radius 1 is 1.12 bits per heavy atom. The lowest BCUT2D eigenvalue weighted by Gasteiger charge is -2.36. The van der Waals surface area contributed by atoms with E-state index in [4.69, 9.17) is 4.52 Å². The maximum Gasteiger partial charge on any atom is 0.222 e. The van der Waals surface area contributed by atoms with Crippen LogP contribution < -0.4 is 0 Å². The number of hydrogen-bond donors (Lipinski definition) is 0. The minimum absolute atomic E-state index is 0.143. The molecule has 1 aromatic heterocycles. The Balaban J connectivity index is 1.40. The maximum atomic E-state index is 12.6. The van der Waals surface area contributed by atoms with Crippen LogP contribution in [-0.2, 0) is 16.1 Å². The van der Waals surface area contributed by atoms with Crippen molar-refractivity contribution in [2.24, 2.45) is 5.92 Å². The van der Waals surface area contributed by atoms with E-state index in [9.17, 15) is 9.59 Å². The quantitative estimate of drug-likeness (QED) is 0.820. The van der Waals surface area contributed by atoms with Crippen LogP contribution in [-0.4, -0.2) is 70.9 Å². The van der Waals surface area contributed by atoms with Crippen molar-refractivity contribution in [2.45, 2.75) is 39.7 Å². The fourth-order valence-electron chi connectivity index (χ4n) is 3.70. The Labute approximate surface area is 148 Å². The van der Waals surface area contributed by atoms with E-state index in [0.717, 1.165) is 70.0 Å². The molecule has 2 amide bonds. The van der Waals surface area contributed by atoms with Gasteiger partial charge in [0.05, 0.1) is 6.20 Å². The molecule has 0 atom stereocenters. The predicted molar refractivity (Wildman–Crippen MR) is 92.7 cm³/mol. The average Bonchev–Trinajstić information content (AvgIpc) is 3.01. The minimum Gasteiger partial charge on any atom is -0.361 e. The Hall–Kier alpha value is -1.89. The van der Waals surface area contributed by atoms with Gasteiger partial charge in [0.1, 0.15) is 5.76 Å². The van der Waals surface area contributed by atoms with Gasteiger partial charge in [-0.3, -0.25) is 14.5 Å². The molecule has 0 bridgehead atoms. The van der Waals surface area contributed by atoms with Gasteiger partial charge in [-0.2, -0.15) is 0 Å². The molecule has 138 valence electrons. The molecule has 7 nitrogen and oxygen atoms in total. The molecule has 2 aliphatic heterocycles. The Morgan fingerprint density at radius 3 is 2.36 bits per heavy atom. The number of aromatic nitrogens is 1. The van der Waals surface area contributed by atoms with Crippen LogP contribution in [0.15, 0.2) is 10.7 Å². The number of likely N-dealkylation sites (tertiary alicyclic amines) is 1. The van der Waals surface area contributed by atoms with Gasteiger partial charge in [-0.15, -0.1) is 0 Å². The monoisotopic (exact) mass is 348 g/mol. The molecule has 1 aromatic rings. The second kappa shape index (κ2) is 7.99. The van der Waals surface area contributed by atoms with E-state index in [1.807, 2.05) is 16.7 Å². The van der Waals surface area contributed by atoms with Crippen LogP contribution in [0.2, 0.25) is 0 Å². The van der Waals surface area contributed by atoms with Crippen LogP contribution in [0.25, 0.3) is 0 Å². The molecule has 0 radical (unpaired) electrons. The topological polar surface area (TPSA) is 69.9 Å². The summed E-state index contributed by atoms with van der Waals surface area (Å²) in [6, 6.07) is 0. The molecule has 7 heteroatoms. The largest absolute Gasteiger partial charge is 0.361 e. The molecule has 0 saturated carbocycles. The molecule has 2 aliphatic rings. The van der Waals surface area contributed by atoms with Crippen LogP contribution in [0.3, 0.4) is 0 Å². The van der Waals surface area contributed by atoms with E-state index in [-0.39, 0.29) is 11.8 Å². The third-order valence-electron chi connectivity index (χ3n) is 5.49. The van der Waals surface area contributed by atoms with E-state index in [0.29, 0.717) is 12.3 Å². The van der Waals surface area contributed by atoms with Gasteiger partial charge in [0.2, 0.25) is 11.8 Å². The molecule has 25 heavy (non-hydrogen) atoms. The van der Waals surface area contributed by atoms with E-state index >= 15 is 0 Å². The van der Waals surface area contributed by atoms with Crippen molar-refractivity contribution in [1.82, 2.24) is 19.9 Å². The molecule has 2 saturated heterocycles. The summed E-state index contributed by atoms with van der Waals surface area (Å²) in [7, 11) is 0. The fraction of sp³-hybridized carbons (Fsp3) is 0.722. The number of carbonyl (C=O) groups excluding carboxylic acids is 2. The highest BCUT2D eigenvalue weighted by Crippen LogP contribution is 2.22. The summed E-state index contributed by atoms with van der Waals surface area (Å²) >= 11 is 0. The minimum atomic E-state index is 0.143. The summed E-state index contributed by atoms with van der Waals surface area (Å²) in [5, 5.41) is 3.82. The maximum absolute atomic E-state index is 12.6. The molecule has 3 rings (SSSR count). The van der Waals surface area contributed by atoms with Gasteiger partial charge in [0.15, 0.2) is 0 Å². The number of piperazine rings is 1. The van der Waals surface area contributed by atoms with Crippen LogP contribution >= 0.6 is 0 Å². The smallest absolute Gasteiger partial charge is 0.222 e. The molecule has 0 spiro atoms. The zero-order valence-electron chi connectivity index (χ0n) is 15.2. The van der Waals surface area contributed by atoms with Gasteiger partial charge in [-0.25, -0.2) is 0 Å².